The van der Waals surface area contributed by atoms with Gasteiger partial charge in [0.25, 0.3) is 0 Å². The van der Waals surface area contributed by atoms with Crippen LogP contribution in [0.3, 0.4) is 0 Å². The smallest absolute Gasteiger partial charge is 0.397 e. The van der Waals surface area contributed by atoms with Crippen LogP contribution < -0.4 is 0 Å². The number of cyclic esters (lactones) is 1. The summed E-state index contributed by atoms with van der Waals surface area (Å²) < 4.78 is 186. The maximum absolute atomic E-state index is 14.5. The molecule has 0 amide bonds. The molecule has 0 radical (unpaired) electrons. The van der Waals surface area contributed by atoms with E-state index in [-0.39, 0.29) is 30.0 Å². The highest BCUT2D eigenvalue weighted by Crippen LogP contribution is 2.75. The molecule has 0 aromatic heterocycles. The van der Waals surface area contributed by atoms with Crippen LogP contribution in [-0.2, 0) is 110 Å². The lowest BCUT2D eigenvalue weighted by Gasteiger charge is -2.63. The zero-order valence-electron chi connectivity index (χ0n) is 54.7. The predicted molar refractivity (Wildman–Crippen MR) is 319 cm³/mol. The van der Waals surface area contributed by atoms with Crippen molar-refractivity contribution < 1.29 is 164 Å². The van der Waals surface area contributed by atoms with Gasteiger partial charge in [-0.25, -0.2) is 12.5 Å². The van der Waals surface area contributed by atoms with Crippen LogP contribution in [0.15, 0.2) is 23.3 Å². The zero-order chi connectivity index (χ0) is 71.4. The van der Waals surface area contributed by atoms with Crippen LogP contribution in [0.2, 0.25) is 0 Å². The Labute approximate surface area is 560 Å². The minimum atomic E-state index is -5.34. The van der Waals surface area contributed by atoms with Crippen molar-refractivity contribution in [3.63, 3.8) is 0 Å². The van der Waals surface area contributed by atoms with E-state index in [0.29, 0.717) is 44.9 Å². The molecule has 0 unspecified atom stereocenters. The molecule has 6 heterocycles. The number of Topliss-reactive ketones (excluding diaryl/α,β-unsaturated/α-hetero) is 1. The fourth-order valence-electron chi connectivity index (χ4n) is 17.4. The molecule has 4 aliphatic carbocycles. The third-order valence-electron chi connectivity index (χ3n) is 22.1. The Balaban J connectivity index is 0.922. The standard InChI is InChI=1S/C59H92O35S3/c1-24(2)11-10-16-58(8)48-28(60)19-57(7)27-12-13-33-55(4,5)34(15-17-56(33,6)26(27)14-18-59(48,57)54(70)93-58)88-52-46(38(65)32(21-82-52)94-97(77,78)79)92-53-47(91-49-39(66)35(62)29(61)20-81-49)40(67)43(25(3)85-53)89-51-42(69)45(37(64)31(87-51)23-84-96(74,75)76)90-50-41(68)44(80-9)36(63)30(86-50)22-83-95(71,72)73/h11-12,25-26,29-53,61-69H,10,13-23H2,1-9H3,(H,71,72,73)(H,74,75,76)(H,77,78,79)/t25-,26-,29-,30-,31-,32-,33+,34+,35+,36-,37-,38+,39-,40+,41-,42-,43-,44+,45+,46-,47-,48-,49+,50+,51+,52+,53+,56-,57+,58+,59-/m1/s1. The second kappa shape index (κ2) is 28.5. The maximum Gasteiger partial charge on any atom is 0.397 e. The molecule has 12 N–H and O–H groups in total. The number of fused-ring (bicyclic) bond motifs is 4. The molecular weight excluding hydrogens is 1360 g/mol. The fourth-order valence-corrected chi connectivity index (χ4v) is 18.5. The second-order valence-corrected chi connectivity index (χ2v) is 31.9. The fraction of sp³-hybridized carbons (Fsp3) is 0.898. The average Bonchev–Trinajstić information content (AvgIpc) is 1.52. The van der Waals surface area contributed by atoms with Crippen molar-refractivity contribution in [2.24, 2.45) is 39.4 Å². The Hall–Kier alpha value is -2.57. The van der Waals surface area contributed by atoms with Gasteiger partial charge >= 0.3 is 37.2 Å². The number of carbonyl (C=O) groups excluding carboxylic acids is 2. The van der Waals surface area contributed by atoms with Crippen molar-refractivity contribution in [1.82, 2.24) is 0 Å². The van der Waals surface area contributed by atoms with Crippen LogP contribution in [0, 0.1) is 39.4 Å². The molecular formula is C59H92O35S3. The molecule has 31 atom stereocenters. The van der Waals surface area contributed by atoms with E-state index in [1.54, 1.807) is 0 Å². The van der Waals surface area contributed by atoms with Gasteiger partial charge in [-0.15, -0.1) is 0 Å². The van der Waals surface area contributed by atoms with Gasteiger partial charge in [0, 0.05) is 18.9 Å². The summed E-state index contributed by atoms with van der Waals surface area (Å²) in [4.78, 5) is 29.0. The summed E-state index contributed by atoms with van der Waals surface area (Å²) in [5.41, 5.74) is -1.90. The number of ether oxygens (including phenoxy) is 12. The molecule has 6 saturated heterocycles. The first-order chi connectivity index (χ1) is 45.0. The van der Waals surface area contributed by atoms with Crippen molar-refractivity contribution in [3.8, 4) is 0 Å². The molecule has 97 heavy (non-hydrogen) atoms. The van der Waals surface area contributed by atoms with E-state index in [0.717, 1.165) is 18.3 Å². The summed E-state index contributed by atoms with van der Waals surface area (Å²) >= 11 is 0. The van der Waals surface area contributed by atoms with E-state index in [1.807, 2.05) is 41.5 Å². The van der Waals surface area contributed by atoms with E-state index in [1.165, 1.54) is 6.92 Å². The third-order valence-corrected chi connectivity index (χ3v) is 23.5. The molecule has 10 aliphatic rings. The number of esters is 1. The lowest BCUT2D eigenvalue weighted by Crippen LogP contribution is -2.68. The van der Waals surface area contributed by atoms with Gasteiger partial charge in [0.05, 0.1) is 50.0 Å². The molecule has 0 bridgehead atoms. The number of allylic oxidation sites excluding steroid dienone is 4. The van der Waals surface area contributed by atoms with Crippen LogP contribution in [0.4, 0.5) is 0 Å². The summed E-state index contributed by atoms with van der Waals surface area (Å²) in [7, 11) is -14.8. The molecule has 556 valence electrons. The Bertz CT molecular complexity index is 3260. The van der Waals surface area contributed by atoms with Gasteiger partial charge in [0.2, 0.25) is 0 Å². The van der Waals surface area contributed by atoms with Gasteiger partial charge in [0.1, 0.15) is 115 Å². The summed E-state index contributed by atoms with van der Waals surface area (Å²) in [5.74, 6) is -1.18. The number of aliphatic hydroxyl groups is 9. The van der Waals surface area contributed by atoms with Crippen LogP contribution in [0.25, 0.3) is 0 Å². The van der Waals surface area contributed by atoms with Crippen molar-refractivity contribution in [2.45, 2.75) is 260 Å². The molecule has 0 aromatic carbocycles. The Morgan fingerprint density at radius 2 is 1.19 bits per heavy atom. The van der Waals surface area contributed by atoms with Gasteiger partial charge in [-0.3, -0.25) is 23.2 Å². The van der Waals surface area contributed by atoms with Crippen LogP contribution in [-0.4, -0.2) is 283 Å². The van der Waals surface area contributed by atoms with Crippen LogP contribution >= 0.6 is 0 Å². The Morgan fingerprint density at radius 3 is 1.78 bits per heavy atom. The van der Waals surface area contributed by atoms with Gasteiger partial charge in [-0.05, 0) is 95.3 Å². The quantitative estimate of drug-likeness (QED) is 0.0309. The molecule has 10 rings (SSSR count). The minimum Gasteiger partial charge on any atom is -0.458 e. The molecule has 35 nitrogen and oxygen atoms in total. The van der Waals surface area contributed by atoms with Crippen molar-refractivity contribution in [3.05, 3.63) is 23.3 Å². The van der Waals surface area contributed by atoms with Crippen molar-refractivity contribution >= 4 is 42.9 Å². The molecule has 6 aliphatic heterocycles. The maximum atomic E-state index is 14.5. The second-order valence-electron chi connectivity index (χ2n) is 28.7. The Morgan fingerprint density at radius 1 is 0.619 bits per heavy atom. The number of hydrogen-bond acceptors (Lipinski definition) is 32. The molecule has 38 heteroatoms. The number of methoxy groups -OCH3 is 1. The molecule has 1 spiro atoms. The topological polar surface area (TPSA) is 518 Å². The highest BCUT2D eigenvalue weighted by molar-refractivity contribution is 7.81. The van der Waals surface area contributed by atoms with Crippen molar-refractivity contribution in [1.29, 1.82) is 0 Å². The number of carbonyl (C=O) groups is 2. The first-order valence-electron chi connectivity index (χ1n) is 32.1. The highest BCUT2D eigenvalue weighted by atomic mass is 32.3. The summed E-state index contributed by atoms with van der Waals surface area (Å²) in [6.45, 7) is 11.5. The largest absolute Gasteiger partial charge is 0.458 e. The van der Waals surface area contributed by atoms with E-state index in [9.17, 15) is 94.5 Å². The number of hydrogen-bond donors (Lipinski definition) is 12. The molecule has 3 saturated carbocycles. The first kappa shape index (κ1) is 77.1. The van der Waals surface area contributed by atoms with Crippen LogP contribution in [0.5, 0.6) is 0 Å². The van der Waals surface area contributed by atoms with E-state index in [4.69, 9.17) is 61.0 Å². The normalized spacial score (nSPS) is 47.8. The first-order valence-corrected chi connectivity index (χ1v) is 36.2. The van der Waals surface area contributed by atoms with Gasteiger partial charge in [-0.1, -0.05) is 51.0 Å². The molecule has 9 fully saturated rings. The van der Waals surface area contributed by atoms with E-state index < -0.39 is 238 Å². The summed E-state index contributed by atoms with van der Waals surface area (Å²) in [6.07, 6.45) is -38.7. The monoisotopic (exact) mass is 1460 g/mol. The van der Waals surface area contributed by atoms with Crippen molar-refractivity contribution in [2.75, 3.05) is 33.5 Å². The third kappa shape index (κ3) is 14.8. The highest BCUT2D eigenvalue weighted by Gasteiger charge is 2.79. The van der Waals surface area contributed by atoms with Gasteiger partial charge < -0.3 is 103 Å². The Kier molecular flexibility index (Phi) is 22.6. The predicted octanol–water partition coefficient (Wildman–Crippen LogP) is -2.26. The number of aliphatic hydroxyl groups excluding tert-OH is 9. The SMILES string of the molecule is CO[C@@H]1[C@@H](O)[C@H](O[C@@H]2[C@@H](O)[C@H](O[C@H]3[C@H](O)[C@@H](O[C@@H]4OC[C@@H](O)[C@H](O)[C@H]4O)[C@H](O[C@H]4[C@H](O[C@H]5CC[C@]6(C)[C@@H]7CC[C@]89C(=O)O[C@@](C)(CCC=C(C)C)[C@H]8C(=O)C[C@@]9(C)C7=CC[C@H]6C5(C)C)OC[C@@H](OS(=O)(=O)O)[C@@H]4O)O[C@@H]3C)O[C@H](COS(=O)(=O)O)[C@H]2O)O[C@H](COS(=O)(=O)O)[C@H]1O. The summed E-state index contributed by atoms with van der Waals surface area (Å²) in [6, 6.07) is 0. The van der Waals surface area contributed by atoms with Crippen LogP contribution in [0.1, 0.15) is 107 Å². The summed E-state index contributed by atoms with van der Waals surface area (Å²) in [5, 5.41) is 103. The van der Waals surface area contributed by atoms with E-state index >= 15 is 0 Å². The number of ketones is 1. The van der Waals surface area contributed by atoms with E-state index in [2.05, 4.69) is 27.4 Å². The minimum absolute atomic E-state index is 0.00736. The number of rotatable bonds is 22. The zero-order valence-corrected chi connectivity index (χ0v) is 57.2. The lowest BCUT2D eigenvalue weighted by molar-refractivity contribution is -0.403. The average molecular weight is 1460 g/mol. The molecule has 0 aromatic rings. The lowest BCUT2D eigenvalue weighted by atomic mass is 9.41. The van der Waals surface area contributed by atoms with Gasteiger partial charge in [-0.2, -0.15) is 25.3 Å². The van der Waals surface area contributed by atoms with Gasteiger partial charge in [0.15, 0.2) is 31.5 Å².